The molecule has 0 aromatic carbocycles. The second kappa shape index (κ2) is 4.57. The second-order valence-electron chi connectivity index (χ2n) is 6.69. The fourth-order valence-electron chi connectivity index (χ4n) is 4.57. The molecular weight excluding hydrogens is 250 g/mol. The molecule has 3 heteroatoms. The maximum absolute atomic E-state index is 12.5. The van der Waals surface area contributed by atoms with Gasteiger partial charge in [0.05, 0.1) is 11.8 Å². The first-order chi connectivity index (χ1) is 9.75. The molecule has 1 aliphatic heterocycles. The van der Waals surface area contributed by atoms with Crippen LogP contribution in [-0.2, 0) is 9.59 Å². The van der Waals surface area contributed by atoms with Gasteiger partial charge in [0.15, 0.2) is 0 Å². The van der Waals surface area contributed by atoms with E-state index in [0.717, 1.165) is 25.7 Å². The van der Waals surface area contributed by atoms with Crippen molar-refractivity contribution in [3.05, 3.63) is 23.8 Å². The third-order valence-electron chi connectivity index (χ3n) is 5.60. The van der Waals surface area contributed by atoms with Crippen LogP contribution in [0.15, 0.2) is 23.8 Å². The van der Waals surface area contributed by atoms with Gasteiger partial charge < -0.3 is 0 Å². The Balaban J connectivity index is 1.46. The fourth-order valence-corrected chi connectivity index (χ4v) is 4.57. The van der Waals surface area contributed by atoms with Gasteiger partial charge in [-0.25, -0.2) is 0 Å². The number of likely N-dealkylation sites (tertiary alicyclic amines) is 1. The number of carbonyl (C=O) groups is 2. The standard InChI is InChI=1S/C17H21NO2/c19-16-14-12-6-7-13(10-12)15(14)17(20)18(16)9-8-11-4-2-1-3-5-11/h4,6-7,12-15H,1-3,5,8-10H2/t12-,13-,14-,15+/m0/s1. The molecule has 0 spiro atoms. The zero-order valence-electron chi connectivity index (χ0n) is 11.8. The highest BCUT2D eigenvalue weighted by Crippen LogP contribution is 2.52. The van der Waals surface area contributed by atoms with E-state index in [2.05, 4.69) is 18.2 Å². The minimum absolute atomic E-state index is 0.0298. The number of nitrogens with zero attached hydrogens (tertiary/aromatic N) is 1. The smallest absolute Gasteiger partial charge is 0.233 e. The number of carbonyl (C=O) groups excluding carboxylic acids is 2. The van der Waals surface area contributed by atoms with Crippen LogP contribution in [0.1, 0.15) is 38.5 Å². The molecule has 0 aromatic heterocycles. The van der Waals surface area contributed by atoms with Crippen molar-refractivity contribution >= 4 is 11.8 Å². The van der Waals surface area contributed by atoms with Crippen LogP contribution in [0.2, 0.25) is 0 Å². The Kier molecular flexibility index (Phi) is 2.83. The van der Waals surface area contributed by atoms with Crippen molar-refractivity contribution in [2.24, 2.45) is 23.7 Å². The van der Waals surface area contributed by atoms with Crippen LogP contribution >= 0.6 is 0 Å². The zero-order chi connectivity index (χ0) is 13.7. The molecule has 3 aliphatic carbocycles. The first-order valence-corrected chi connectivity index (χ1v) is 7.97. The Labute approximate surface area is 119 Å². The van der Waals surface area contributed by atoms with Crippen LogP contribution < -0.4 is 0 Å². The number of rotatable bonds is 3. The first kappa shape index (κ1) is 12.4. The molecule has 4 rings (SSSR count). The van der Waals surface area contributed by atoms with Crippen LogP contribution in [0.5, 0.6) is 0 Å². The number of hydrogen-bond acceptors (Lipinski definition) is 2. The zero-order valence-corrected chi connectivity index (χ0v) is 11.8. The molecule has 1 heterocycles. The Bertz CT molecular complexity index is 489. The lowest BCUT2D eigenvalue weighted by molar-refractivity contribution is -0.140. The normalized spacial score (nSPS) is 38.6. The minimum atomic E-state index is -0.0298. The van der Waals surface area contributed by atoms with Crippen LogP contribution in [-0.4, -0.2) is 23.3 Å². The topological polar surface area (TPSA) is 37.4 Å². The molecule has 0 radical (unpaired) electrons. The summed E-state index contributed by atoms with van der Waals surface area (Å²) < 4.78 is 0. The van der Waals surface area contributed by atoms with E-state index in [-0.39, 0.29) is 23.7 Å². The summed E-state index contributed by atoms with van der Waals surface area (Å²) in [5.41, 5.74) is 1.44. The van der Waals surface area contributed by atoms with Gasteiger partial charge in [-0.05, 0) is 50.4 Å². The predicted octanol–water partition coefficient (Wildman–Crippen LogP) is 2.68. The quantitative estimate of drug-likeness (QED) is 0.584. The number of imide groups is 1. The molecule has 2 fully saturated rings. The molecule has 0 N–H and O–H groups in total. The maximum Gasteiger partial charge on any atom is 0.233 e. The van der Waals surface area contributed by atoms with Gasteiger partial charge in [0.25, 0.3) is 0 Å². The van der Waals surface area contributed by atoms with E-state index in [9.17, 15) is 9.59 Å². The first-order valence-electron chi connectivity index (χ1n) is 7.97. The van der Waals surface area contributed by atoms with Crippen molar-refractivity contribution in [1.29, 1.82) is 0 Å². The third kappa shape index (κ3) is 1.72. The third-order valence-corrected chi connectivity index (χ3v) is 5.60. The van der Waals surface area contributed by atoms with Gasteiger partial charge in [-0.3, -0.25) is 14.5 Å². The average molecular weight is 271 g/mol. The summed E-state index contributed by atoms with van der Waals surface area (Å²) in [5, 5.41) is 0. The van der Waals surface area contributed by atoms with Gasteiger partial charge in [-0.1, -0.05) is 23.8 Å². The highest BCUT2D eigenvalue weighted by molar-refractivity contribution is 6.06. The van der Waals surface area contributed by atoms with E-state index in [4.69, 9.17) is 0 Å². The Morgan fingerprint density at radius 2 is 1.75 bits per heavy atom. The van der Waals surface area contributed by atoms with E-state index in [1.165, 1.54) is 18.4 Å². The summed E-state index contributed by atoms with van der Waals surface area (Å²) in [6.07, 6.45) is 13.4. The molecule has 1 saturated carbocycles. The van der Waals surface area contributed by atoms with Gasteiger partial charge in [0.1, 0.15) is 0 Å². The number of allylic oxidation sites excluding steroid dienone is 3. The average Bonchev–Trinajstić information content (AvgIpc) is 3.13. The van der Waals surface area contributed by atoms with Crippen molar-refractivity contribution in [1.82, 2.24) is 4.90 Å². The molecule has 20 heavy (non-hydrogen) atoms. The highest BCUT2D eigenvalue weighted by atomic mass is 16.2. The van der Waals surface area contributed by atoms with Crippen molar-refractivity contribution in [3.8, 4) is 0 Å². The van der Waals surface area contributed by atoms with Crippen molar-refractivity contribution in [3.63, 3.8) is 0 Å². The van der Waals surface area contributed by atoms with Gasteiger partial charge in [0.2, 0.25) is 11.8 Å². The molecule has 4 aliphatic rings. The van der Waals surface area contributed by atoms with E-state index >= 15 is 0 Å². The SMILES string of the molecule is O=C1[C@@H]2[C@H](C(=O)N1CCC1=CCCCC1)[C@H]1C=C[C@H]2C1. The van der Waals surface area contributed by atoms with E-state index in [1.807, 2.05) is 0 Å². The molecule has 1 saturated heterocycles. The summed E-state index contributed by atoms with van der Waals surface area (Å²) in [6.45, 7) is 0.607. The van der Waals surface area contributed by atoms with E-state index in [1.54, 1.807) is 4.90 Å². The Hall–Kier alpha value is -1.38. The molecule has 0 unspecified atom stereocenters. The van der Waals surface area contributed by atoms with Crippen molar-refractivity contribution in [2.75, 3.05) is 6.54 Å². The lowest BCUT2D eigenvalue weighted by atomic mass is 9.85. The monoisotopic (exact) mass is 271 g/mol. The summed E-state index contributed by atoms with van der Waals surface area (Å²) in [7, 11) is 0. The van der Waals surface area contributed by atoms with E-state index in [0.29, 0.717) is 18.4 Å². The second-order valence-corrected chi connectivity index (χ2v) is 6.69. The summed E-state index contributed by atoms with van der Waals surface area (Å²) in [6, 6.07) is 0. The molecule has 2 bridgehead atoms. The van der Waals surface area contributed by atoms with Crippen molar-refractivity contribution in [2.45, 2.75) is 38.5 Å². The number of fused-ring (bicyclic) bond motifs is 5. The molecule has 106 valence electrons. The Morgan fingerprint density at radius 3 is 2.35 bits per heavy atom. The van der Waals surface area contributed by atoms with Crippen LogP contribution in [0.3, 0.4) is 0 Å². The highest BCUT2D eigenvalue weighted by Gasteiger charge is 2.58. The van der Waals surface area contributed by atoms with Gasteiger partial charge >= 0.3 is 0 Å². The summed E-state index contributed by atoms with van der Waals surface area (Å²) >= 11 is 0. The summed E-state index contributed by atoms with van der Waals surface area (Å²) in [5.74, 6) is 0.817. The van der Waals surface area contributed by atoms with Gasteiger partial charge in [-0.15, -0.1) is 0 Å². The molecule has 4 atom stereocenters. The maximum atomic E-state index is 12.5. The van der Waals surface area contributed by atoms with Crippen LogP contribution in [0.4, 0.5) is 0 Å². The van der Waals surface area contributed by atoms with Gasteiger partial charge in [-0.2, -0.15) is 0 Å². The van der Waals surface area contributed by atoms with Crippen LogP contribution in [0, 0.1) is 23.7 Å². The molecular formula is C17H21NO2. The Morgan fingerprint density at radius 1 is 1.05 bits per heavy atom. The van der Waals surface area contributed by atoms with Crippen LogP contribution in [0.25, 0.3) is 0 Å². The largest absolute Gasteiger partial charge is 0.282 e. The lowest BCUT2D eigenvalue weighted by Crippen LogP contribution is -2.34. The number of amides is 2. The molecule has 3 nitrogen and oxygen atoms in total. The summed E-state index contributed by atoms with van der Waals surface area (Å²) in [4.78, 5) is 26.6. The lowest BCUT2D eigenvalue weighted by Gasteiger charge is -2.19. The van der Waals surface area contributed by atoms with Gasteiger partial charge in [0, 0.05) is 6.54 Å². The predicted molar refractivity (Wildman–Crippen MR) is 75.6 cm³/mol. The fraction of sp³-hybridized carbons (Fsp3) is 0.647. The minimum Gasteiger partial charge on any atom is -0.282 e. The number of hydrogen-bond donors (Lipinski definition) is 0. The molecule has 0 aromatic rings. The van der Waals surface area contributed by atoms with E-state index < -0.39 is 0 Å². The molecule has 2 amide bonds. The van der Waals surface area contributed by atoms with Crippen molar-refractivity contribution < 1.29 is 9.59 Å².